The molecule has 11 nitrogen and oxygen atoms in total. The van der Waals surface area contributed by atoms with E-state index in [4.69, 9.17) is 21.0 Å². The highest BCUT2D eigenvalue weighted by Gasteiger charge is 2.17. The van der Waals surface area contributed by atoms with Gasteiger partial charge >= 0.3 is 0 Å². The summed E-state index contributed by atoms with van der Waals surface area (Å²) in [6.07, 6.45) is 1.00. The fraction of sp³-hybridized carbons (Fsp3) is 0.0370. The van der Waals surface area contributed by atoms with Crippen LogP contribution >= 0.6 is 0 Å². The third-order valence-electron chi connectivity index (χ3n) is 5.56. The predicted octanol–water partition coefficient (Wildman–Crippen LogP) is 3.70. The summed E-state index contributed by atoms with van der Waals surface area (Å²) in [5.74, 6) is -0.238. The molecule has 4 aromatic carbocycles. The first-order valence-corrected chi connectivity index (χ1v) is 15.0. The second-order valence-corrected chi connectivity index (χ2v) is 12.0. The van der Waals surface area contributed by atoms with Gasteiger partial charge < -0.3 is 15.8 Å². The Balaban J connectivity index is 1.63. The van der Waals surface area contributed by atoms with Crippen LogP contribution in [0, 0.1) is 5.41 Å². The minimum atomic E-state index is -3.96. The van der Waals surface area contributed by atoms with Crippen molar-refractivity contribution in [3.8, 4) is 22.6 Å². The summed E-state index contributed by atoms with van der Waals surface area (Å²) in [7, 11) is -7.54. The van der Waals surface area contributed by atoms with Crippen LogP contribution in [0.15, 0.2) is 95.9 Å². The Hall–Kier alpha value is -4.72. The van der Waals surface area contributed by atoms with Crippen molar-refractivity contribution in [1.29, 1.82) is 5.41 Å². The van der Waals surface area contributed by atoms with Crippen LogP contribution in [0.25, 0.3) is 11.1 Å². The summed E-state index contributed by atoms with van der Waals surface area (Å²) in [4.78, 5) is 13.1. The van der Waals surface area contributed by atoms with E-state index in [9.17, 15) is 21.6 Å². The van der Waals surface area contributed by atoms with Crippen LogP contribution in [0.1, 0.15) is 15.9 Å². The molecule has 7 N–H and O–H groups in total. The van der Waals surface area contributed by atoms with E-state index in [2.05, 4.69) is 10.0 Å². The summed E-state index contributed by atoms with van der Waals surface area (Å²) in [5, 5.41) is 15.7. The normalized spacial score (nSPS) is 11.4. The van der Waals surface area contributed by atoms with Gasteiger partial charge in [-0.15, -0.1) is 0 Å². The second-order valence-electron chi connectivity index (χ2n) is 8.70. The summed E-state index contributed by atoms with van der Waals surface area (Å²) < 4.78 is 55.7. The van der Waals surface area contributed by atoms with Gasteiger partial charge in [-0.25, -0.2) is 22.0 Å². The lowest BCUT2D eigenvalue weighted by atomic mass is 10.0. The van der Waals surface area contributed by atoms with Gasteiger partial charge in [-0.1, -0.05) is 42.5 Å². The van der Waals surface area contributed by atoms with Gasteiger partial charge in [-0.3, -0.25) is 14.9 Å². The molecule has 0 bridgehead atoms. The molecule has 206 valence electrons. The quantitative estimate of drug-likeness (QED) is 0.147. The van der Waals surface area contributed by atoms with E-state index in [-0.39, 0.29) is 33.4 Å². The first-order chi connectivity index (χ1) is 18.8. The molecule has 0 unspecified atom stereocenters. The molecular formula is C27H25N5O6S2. The average Bonchev–Trinajstić information content (AvgIpc) is 2.89. The number of nitrogens with one attached hydrogen (secondary N) is 3. The summed E-state index contributed by atoms with van der Waals surface area (Å²) in [5.41, 5.74) is 7.63. The Morgan fingerprint density at radius 1 is 0.850 bits per heavy atom. The van der Waals surface area contributed by atoms with E-state index in [1.54, 1.807) is 48.5 Å². The monoisotopic (exact) mass is 579 g/mol. The van der Waals surface area contributed by atoms with Crippen LogP contribution in [-0.2, 0) is 20.0 Å². The van der Waals surface area contributed by atoms with Gasteiger partial charge in [0.05, 0.1) is 22.5 Å². The molecule has 40 heavy (non-hydrogen) atoms. The Morgan fingerprint density at radius 2 is 1.55 bits per heavy atom. The maximum Gasteiger partial charge on any atom is 0.255 e. The van der Waals surface area contributed by atoms with Crippen molar-refractivity contribution in [1.82, 2.24) is 0 Å². The highest BCUT2D eigenvalue weighted by atomic mass is 32.2. The third-order valence-corrected chi connectivity index (χ3v) is 7.13. The maximum atomic E-state index is 13.1. The van der Waals surface area contributed by atoms with E-state index in [0.29, 0.717) is 22.4 Å². The van der Waals surface area contributed by atoms with Crippen molar-refractivity contribution in [3.05, 3.63) is 102 Å². The molecule has 13 heteroatoms. The van der Waals surface area contributed by atoms with Crippen molar-refractivity contribution in [3.63, 3.8) is 0 Å². The van der Waals surface area contributed by atoms with E-state index < -0.39 is 26.0 Å². The molecule has 0 fully saturated rings. The average molecular weight is 580 g/mol. The van der Waals surface area contributed by atoms with Crippen LogP contribution < -0.4 is 25.6 Å². The van der Waals surface area contributed by atoms with E-state index in [0.717, 1.165) is 6.26 Å². The largest absolute Gasteiger partial charge is 0.455 e. The fourth-order valence-corrected chi connectivity index (χ4v) is 5.11. The number of amides is 1. The molecule has 0 aliphatic rings. The molecule has 0 heterocycles. The number of amidine groups is 1. The zero-order valence-corrected chi connectivity index (χ0v) is 22.7. The topological polar surface area (TPSA) is 195 Å². The number of anilines is 2. The number of ether oxygens (including phenoxy) is 1. The van der Waals surface area contributed by atoms with Crippen molar-refractivity contribution < 1.29 is 26.4 Å². The number of primary sulfonamides is 1. The lowest BCUT2D eigenvalue weighted by molar-refractivity contribution is 0.102. The molecule has 4 rings (SSSR count). The summed E-state index contributed by atoms with van der Waals surface area (Å²) in [6.45, 7) is 0. The van der Waals surface area contributed by atoms with Gasteiger partial charge in [0.2, 0.25) is 20.0 Å². The second kappa shape index (κ2) is 11.2. The van der Waals surface area contributed by atoms with E-state index in [1.165, 1.54) is 42.5 Å². The minimum Gasteiger partial charge on any atom is -0.455 e. The Kier molecular flexibility index (Phi) is 7.91. The van der Waals surface area contributed by atoms with Crippen molar-refractivity contribution in [2.75, 3.05) is 16.3 Å². The molecule has 0 spiro atoms. The number of benzene rings is 4. The van der Waals surface area contributed by atoms with E-state index in [1.807, 2.05) is 0 Å². The first-order valence-electron chi connectivity index (χ1n) is 11.6. The molecular weight excluding hydrogens is 554 g/mol. The Morgan fingerprint density at radius 3 is 2.20 bits per heavy atom. The lowest BCUT2D eigenvalue weighted by Crippen LogP contribution is -2.14. The minimum absolute atomic E-state index is 0.0365. The van der Waals surface area contributed by atoms with Gasteiger partial charge in [0.1, 0.15) is 11.6 Å². The standard InChI is InChI=1S/C27H25N5O6S2/c1-39(34,35)32-20-13-14-23(24(16-20)38-21-6-4-5-19(15-21)26(28)29)31-27(33)18-11-9-17(10-12-18)22-7-2-3-8-25(22)40(30,36)37/h2-16,32H,1H3,(H3,28,29)(H,31,33)(H2,30,36,37). The smallest absolute Gasteiger partial charge is 0.255 e. The molecule has 0 aliphatic heterocycles. The Labute approximate surface area is 231 Å². The number of carbonyl (C=O) groups excluding carboxylic acids is 1. The van der Waals surface area contributed by atoms with Crippen LogP contribution in [0.4, 0.5) is 11.4 Å². The zero-order valence-electron chi connectivity index (χ0n) is 21.1. The molecule has 0 radical (unpaired) electrons. The number of hydrogen-bond donors (Lipinski definition) is 5. The highest BCUT2D eigenvalue weighted by Crippen LogP contribution is 2.34. The van der Waals surface area contributed by atoms with E-state index >= 15 is 0 Å². The summed E-state index contributed by atoms with van der Waals surface area (Å²) >= 11 is 0. The number of rotatable bonds is 9. The number of nitrogen functional groups attached to an aromatic ring is 1. The summed E-state index contributed by atoms with van der Waals surface area (Å²) in [6, 6.07) is 23.3. The molecule has 0 aliphatic carbocycles. The van der Waals surface area contributed by atoms with Crippen molar-refractivity contribution in [2.45, 2.75) is 4.90 Å². The molecule has 0 atom stereocenters. The van der Waals surface area contributed by atoms with Crippen LogP contribution in [0.3, 0.4) is 0 Å². The lowest BCUT2D eigenvalue weighted by Gasteiger charge is -2.15. The van der Waals surface area contributed by atoms with Crippen LogP contribution in [0.5, 0.6) is 11.5 Å². The number of carbonyl (C=O) groups is 1. The molecule has 4 aromatic rings. The SMILES string of the molecule is CS(=O)(=O)Nc1ccc(NC(=O)c2ccc(-c3ccccc3S(N)(=O)=O)cc2)c(Oc2cccc(C(=N)N)c2)c1. The first kappa shape index (κ1) is 28.3. The van der Waals surface area contributed by atoms with Crippen molar-refractivity contribution >= 4 is 43.2 Å². The number of nitrogens with two attached hydrogens (primary N) is 2. The maximum absolute atomic E-state index is 13.1. The Bertz CT molecular complexity index is 1820. The number of sulfonamides is 2. The highest BCUT2D eigenvalue weighted by molar-refractivity contribution is 7.92. The molecule has 1 amide bonds. The van der Waals surface area contributed by atoms with Gasteiger partial charge in [0.25, 0.3) is 5.91 Å². The van der Waals surface area contributed by atoms with Crippen LogP contribution in [-0.4, -0.2) is 34.8 Å². The third kappa shape index (κ3) is 7.02. The zero-order chi connectivity index (χ0) is 29.1. The van der Waals surface area contributed by atoms with Gasteiger partial charge in [-0.05, 0) is 48.0 Å². The molecule has 0 saturated heterocycles. The number of hydrogen-bond acceptors (Lipinski definition) is 7. The molecule has 0 aromatic heterocycles. The molecule has 0 saturated carbocycles. The van der Waals surface area contributed by atoms with Crippen molar-refractivity contribution in [2.24, 2.45) is 10.9 Å². The van der Waals surface area contributed by atoms with Gasteiger partial charge in [-0.2, -0.15) is 0 Å². The van der Waals surface area contributed by atoms with Gasteiger partial charge in [0.15, 0.2) is 5.75 Å². The fourth-order valence-electron chi connectivity index (χ4n) is 3.79. The van der Waals surface area contributed by atoms with Gasteiger partial charge in [0, 0.05) is 22.8 Å². The predicted molar refractivity (Wildman–Crippen MR) is 154 cm³/mol. The van der Waals surface area contributed by atoms with Crippen LogP contribution in [0.2, 0.25) is 0 Å².